The fourth-order valence-electron chi connectivity index (χ4n) is 5.32. The number of anilines is 1. The van der Waals surface area contributed by atoms with Crippen LogP contribution in [0.3, 0.4) is 0 Å². The molecular formula is C29H31N9O3S. The van der Waals surface area contributed by atoms with Gasteiger partial charge >= 0.3 is 0 Å². The summed E-state index contributed by atoms with van der Waals surface area (Å²) in [6.07, 6.45) is 9.72. The summed E-state index contributed by atoms with van der Waals surface area (Å²) in [5, 5.41) is 19.4. The number of ketones is 1. The van der Waals surface area contributed by atoms with Crippen molar-refractivity contribution in [2.75, 3.05) is 57.8 Å². The molecule has 6 heterocycles. The maximum Gasteiger partial charge on any atom is 0.290 e. The van der Waals surface area contributed by atoms with E-state index in [-0.39, 0.29) is 25.9 Å². The Morgan fingerprint density at radius 2 is 2.07 bits per heavy atom. The molecule has 13 heteroatoms. The van der Waals surface area contributed by atoms with Crippen LogP contribution >= 0.6 is 11.3 Å². The van der Waals surface area contributed by atoms with E-state index in [4.69, 9.17) is 14.7 Å². The molecule has 42 heavy (non-hydrogen) atoms. The molecule has 2 saturated heterocycles. The third kappa shape index (κ3) is 5.57. The number of carbonyl (C=O) groups is 2. The lowest BCUT2D eigenvalue weighted by Gasteiger charge is -2.48. The molecule has 3 aliphatic rings. The van der Waals surface area contributed by atoms with Crippen LogP contribution < -0.4 is 5.32 Å². The first-order valence-corrected chi connectivity index (χ1v) is 14.8. The van der Waals surface area contributed by atoms with Gasteiger partial charge in [0.05, 0.1) is 53.5 Å². The van der Waals surface area contributed by atoms with Crippen LogP contribution in [0.15, 0.2) is 53.7 Å². The third-order valence-electron chi connectivity index (χ3n) is 7.69. The average Bonchev–Trinajstić information content (AvgIpc) is 3.68. The van der Waals surface area contributed by atoms with E-state index in [1.165, 1.54) is 4.90 Å². The summed E-state index contributed by atoms with van der Waals surface area (Å²) in [7, 11) is 0. The Kier molecular flexibility index (Phi) is 7.86. The van der Waals surface area contributed by atoms with Crippen molar-refractivity contribution in [1.82, 2.24) is 34.4 Å². The zero-order valence-electron chi connectivity index (χ0n) is 23.3. The van der Waals surface area contributed by atoms with Gasteiger partial charge in [-0.3, -0.25) is 19.2 Å². The molecule has 0 spiro atoms. The number of nitrogens with zero attached hydrogens (tertiary/aromatic N) is 8. The number of hydrogen-bond acceptors (Lipinski definition) is 11. The van der Waals surface area contributed by atoms with Gasteiger partial charge in [0.2, 0.25) is 11.7 Å². The number of rotatable bonds is 10. The van der Waals surface area contributed by atoms with Gasteiger partial charge in [-0.1, -0.05) is 6.92 Å². The molecule has 2 fully saturated rings. The van der Waals surface area contributed by atoms with E-state index in [0.29, 0.717) is 5.95 Å². The Morgan fingerprint density at radius 3 is 2.86 bits per heavy atom. The average molecular weight is 586 g/mol. The van der Waals surface area contributed by atoms with Crippen LogP contribution in [0.2, 0.25) is 0 Å². The quantitative estimate of drug-likeness (QED) is 0.280. The summed E-state index contributed by atoms with van der Waals surface area (Å²) in [6, 6.07) is 4.18. The molecule has 0 unspecified atom stereocenters. The molecule has 0 aliphatic carbocycles. The molecular weight excluding hydrogens is 554 g/mol. The van der Waals surface area contributed by atoms with Crippen molar-refractivity contribution in [2.45, 2.75) is 25.3 Å². The summed E-state index contributed by atoms with van der Waals surface area (Å²) < 4.78 is 8.11. The Bertz CT molecular complexity index is 1630. The number of amides is 1. The molecule has 6 rings (SSSR count). The van der Waals surface area contributed by atoms with Crippen molar-refractivity contribution in [3.8, 4) is 17.3 Å². The van der Waals surface area contributed by atoms with Gasteiger partial charge < -0.3 is 19.9 Å². The van der Waals surface area contributed by atoms with E-state index in [0.717, 1.165) is 66.6 Å². The Labute approximate surface area is 247 Å². The summed E-state index contributed by atoms with van der Waals surface area (Å²) in [4.78, 5) is 39.9. The molecule has 0 bridgehead atoms. The highest BCUT2D eigenvalue weighted by Crippen LogP contribution is 2.36. The molecule has 216 valence electrons. The van der Waals surface area contributed by atoms with E-state index in [1.54, 1.807) is 29.1 Å². The molecule has 3 aliphatic heterocycles. The summed E-state index contributed by atoms with van der Waals surface area (Å²) in [5.74, 6) is -0.486. The fraction of sp³-hybridized carbons (Fsp3) is 0.414. The molecule has 1 N–H and O–H groups in total. The number of fused-ring (bicyclic) bond motifs is 1. The van der Waals surface area contributed by atoms with Gasteiger partial charge in [-0.2, -0.15) is 10.4 Å². The molecule has 0 radical (unpaired) electrons. The summed E-state index contributed by atoms with van der Waals surface area (Å²) >= 11 is 1.55. The Morgan fingerprint density at radius 1 is 1.24 bits per heavy atom. The van der Waals surface area contributed by atoms with Crippen molar-refractivity contribution < 1.29 is 14.3 Å². The van der Waals surface area contributed by atoms with Crippen LogP contribution in [-0.4, -0.2) is 98.6 Å². The van der Waals surface area contributed by atoms with Gasteiger partial charge in [0.1, 0.15) is 5.54 Å². The maximum atomic E-state index is 12.4. The fourth-order valence-corrected chi connectivity index (χ4v) is 6.17. The van der Waals surface area contributed by atoms with E-state index in [2.05, 4.69) is 32.0 Å². The molecule has 12 nitrogen and oxygen atoms in total. The predicted molar refractivity (Wildman–Crippen MR) is 157 cm³/mol. The number of likely N-dealkylation sites (tertiary alicyclic amines) is 1. The Balaban J connectivity index is 1.21. The number of allylic oxidation sites excluding steroid dienone is 1. The van der Waals surface area contributed by atoms with E-state index in [9.17, 15) is 14.9 Å². The first kappa shape index (κ1) is 27.8. The molecule has 0 aromatic carbocycles. The zero-order chi connectivity index (χ0) is 29.1. The number of Topliss-reactive ketones (excluding diaryl/α,β-unsaturated/α-hetero) is 1. The van der Waals surface area contributed by atoms with E-state index in [1.807, 2.05) is 36.1 Å². The third-order valence-corrected chi connectivity index (χ3v) is 8.60. The minimum atomic E-state index is -0.686. The summed E-state index contributed by atoms with van der Waals surface area (Å²) in [6.45, 7) is 7.40. The van der Waals surface area contributed by atoms with E-state index < -0.39 is 17.2 Å². The maximum absolute atomic E-state index is 12.4. The first-order valence-electron chi connectivity index (χ1n) is 13.9. The van der Waals surface area contributed by atoms with Gasteiger partial charge in [-0.25, -0.2) is 9.97 Å². The van der Waals surface area contributed by atoms with Crippen molar-refractivity contribution in [3.63, 3.8) is 0 Å². The smallest absolute Gasteiger partial charge is 0.290 e. The number of morpholine rings is 1. The van der Waals surface area contributed by atoms with Crippen molar-refractivity contribution in [1.29, 1.82) is 5.26 Å². The molecule has 0 saturated carbocycles. The van der Waals surface area contributed by atoms with Gasteiger partial charge in [0.25, 0.3) is 5.91 Å². The van der Waals surface area contributed by atoms with Crippen molar-refractivity contribution >= 4 is 39.2 Å². The van der Waals surface area contributed by atoms with Crippen LogP contribution in [0.4, 0.5) is 5.95 Å². The number of nitrogens with one attached hydrogen (secondary N) is 1. The molecule has 3 aromatic rings. The molecule has 0 atom stereocenters. The second-order valence-electron chi connectivity index (χ2n) is 10.5. The molecule has 1 amide bonds. The number of hydrogen-bond donors (Lipinski definition) is 1. The highest BCUT2D eigenvalue weighted by Gasteiger charge is 2.48. The lowest BCUT2D eigenvalue weighted by molar-refractivity contribution is -0.152. The van der Waals surface area contributed by atoms with Crippen LogP contribution in [0.1, 0.15) is 19.8 Å². The molecule has 3 aromatic heterocycles. The summed E-state index contributed by atoms with van der Waals surface area (Å²) in [5.41, 5.74) is 5.65. The standard InChI is InChI=1S/C29H31N9O3S/c1-2-24(39)27(40)37-19-29(20-37,6-7-30)38-17-21(16-31-38)25-26-23(5-15-42-26)33-28(34-25)32-22-4-3-8-36(18-22)10-9-35-11-13-41-14-12-35/h4-5,8,15-18H,2,6,9-14,19-20H2,1H3,(H,32,33,34). The minimum Gasteiger partial charge on any atom is -0.379 e. The second-order valence-corrected chi connectivity index (χ2v) is 11.5. The van der Waals surface area contributed by atoms with Crippen LogP contribution in [0.5, 0.6) is 0 Å². The number of aromatic nitrogens is 4. The van der Waals surface area contributed by atoms with Gasteiger partial charge in [0.15, 0.2) is 0 Å². The monoisotopic (exact) mass is 585 g/mol. The highest BCUT2D eigenvalue weighted by atomic mass is 32.1. The van der Waals surface area contributed by atoms with Gasteiger partial charge in [-0.05, 0) is 11.4 Å². The van der Waals surface area contributed by atoms with Crippen molar-refractivity contribution in [2.24, 2.45) is 0 Å². The normalized spacial score (nSPS) is 18.0. The number of ether oxygens (including phenoxy) is 1. The van der Waals surface area contributed by atoms with Crippen molar-refractivity contribution in [3.05, 3.63) is 53.7 Å². The highest BCUT2D eigenvalue weighted by molar-refractivity contribution is 7.17. The Hall–Kier alpha value is -4.34. The number of nitriles is 1. The first-order chi connectivity index (χ1) is 20.5. The van der Waals surface area contributed by atoms with E-state index >= 15 is 0 Å². The number of carbonyl (C=O) groups excluding carboxylic acids is 2. The number of thiophene rings is 1. The lowest BCUT2D eigenvalue weighted by atomic mass is 9.86. The SMILES string of the molecule is CCC(=O)C(=O)N1CC(CC#N)(n2cc(-c3nc(NC4=CN(CCN5CCOCC5)C=C=C4)nc4ccsc34)cn2)C1. The lowest BCUT2D eigenvalue weighted by Crippen LogP contribution is -2.65. The minimum absolute atomic E-state index is 0.156. The van der Waals surface area contributed by atoms with Crippen LogP contribution in [0, 0.1) is 11.3 Å². The predicted octanol–water partition coefficient (Wildman–Crippen LogP) is 2.55. The second kappa shape index (κ2) is 11.9. The van der Waals surface area contributed by atoms with Crippen LogP contribution in [-0.2, 0) is 19.9 Å². The van der Waals surface area contributed by atoms with Gasteiger partial charge in [-0.15, -0.1) is 17.1 Å². The largest absolute Gasteiger partial charge is 0.379 e. The topological polar surface area (TPSA) is 133 Å². The van der Waals surface area contributed by atoms with Crippen LogP contribution in [0.25, 0.3) is 21.5 Å². The zero-order valence-corrected chi connectivity index (χ0v) is 24.1. The van der Waals surface area contributed by atoms with Gasteiger partial charge in [0, 0.05) is 75.9 Å².